The monoisotopic (exact) mass is 229 g/mol. The third kappa shape index (κ3) is 2.05. The molecule has 2 amide bonds. The van der Waals surface area contributed by atoms with Crippen LogP contribution in [0.15, 0.2) is 17.2 Å². The molecule has 0 atom stereocenters. The average molecular weight is 230 g/mol. The molecule has 0 radical (unpaired) electrons. The Hall–Kier alpha value is -1.07. The Morgan fingerprint density at radius 3 is 3.07 bits per heavy atom. The minimum absolute atomic E-state index is 0.149. The third-order valence-electron chi connectivity index (χ3n) is 1.75. The number of halogens is 1. The van der Waals surface area contributed by atoms with E-state index in [-0.39, 0.29) is 6.03 Å². The number of amides is 2. The fourth-order valence-corrected chi connectivity index (χ4v) is 2.02. The minimum Gasteiger partial charge on any atom is -0.335 e. The van der Waals surface area contributed by atoms with Crippen LogP contribution >= 0.6 is 22.9 Å². The van der Waals surface area contributed by atoms with Gasteiger partial charge in [0.05, 0.1) is 17.1 Å². The molecule has 74 valence electrons. The van der Waals surface area contributed by atoms with Crippen LogP contribution in [-0.2, 0) is 0 Å². The molecule has 1 N–H and O–H groups in total. The van der Waals surface area contributed by atoms with Crippen molar-refractivity contribution in [1.82, 2.24) is 10.3 Å². The largest absolute Gasteiger partial charge is 0.337 e. The van der Waals surface area contributed by atoms with E-state index in [0.29, 0.717) is 13.1 Å². The summed E-state index contributed by atoms with van der Waals surface area (Å²) in [5.74, 6) is 0. The molecular weight excluding hydrogens is 222 g/mol. The van der Waals surface area contributed by atoms with E-state index in [0.717, 1.165) is 9.21 Å². The zero-order valence-corrected chi connectivity index (χ0v) is 8.81. The van der Waals surface area contributed by atoms with E-state index in [1.807, 2.05) is 6.07 Å². The summed E-state index contributed by atoms with van der Waals surface area (Å²) < 4.78 is 0.720. The van der Waals surface area contributed by atoms with Crippen LogP contribution in [0.4, 0.5) is 4.79 Å². The number of urea groups is 1. The first-order chi connectivity index (χ1) is 6.75. The number of hydrazone groups is 1. The highest BCUT2D eigenvalue weighted by Crippen LogP contribution is 2.19. The van der Waals surface area contributed by atoms with Gasteiger partial charge in [0.2, 0.25) is 0 Å². The first kappa shape index (κ1) is 9.48. The fourth-order valence-electron chi connectivity index (χ4n) is 1.10. The van der Waals surface area contributed by atoms with E-state index in [1.165, 1.54) is 16.3 Å². The van der Waals surface area contributed by atoms with Crippen LogP contribution in [-0.4, -0.2) is 30.3 Å². The van der Waals surface area contributed by atoms with Crippen molar-refractivity contribution in [2.45, 2.75) is 0 Å². The van der Waals surface area contributed by atoms with Gasteiger partial charge in [-0.3, -0.25) is 0 Å². The van der Waals surface area contributed by atoms with Gasteiger partial charge in [-0.2, -0.15) is 5.10 Å². The second-order valence-corrected chi connectivity index (χ2v) is 4.49. The van der Waals surface area contributed by atoms with Crippen LogP contribution in [0.2, 0.25) is 4.34 Å². The lowest BCUT2D eigenvalue weighted by Crippen LogP contribution is -2.23. The fraction of sp³-hybridized carbons (Fsp3) is 0.250. The summed E-state index contributed by atoms with van der Waals surface area (Å²) in [5.41, 5.74) is 0. The third-order valence-corrected chi connectivity index (χ3v) is 2.92. The van der Waals surface area contributed by atoms with Gasteiger partial charge in [0.1, 0.15) is 0 Å². The van der Waals surface area contributed by atoms with E-state index in [1.54, 1.807) is 12.3 Å². The van der Waals surface area contributed by atoms with E-state index in [4.69, 9.17) is 11.6 Å². The molecule has 0 aliphatic carbocycles. The number of rotatable bonds is 2. The molecule has 0 bridgehead atoms. The summed E-state index contributed by atoms with van der Waals surface area (Å²) in [6.07, 6.45) is 1.64. The highest BCUT2D eigenvalue weighted by molar-refractivity contribution is 7.17. The maximum atomic E-state index is 11.1. The van der Waals surface area contributed by atoms with Crippen LogP contribution in [0.5, 0.6) is 0 Å². The summed E-state index contributed by atoms with van der Waals surface area (Å²) in [7, 11) is 0. The van der Waals surface area contributed by atoms with Crippen molar-refractivity contribution in [3.05, 3.63) is 21.3 Å². The quantitative estimate of drug-likeness (QED) is 0.772. The lowest BCUT2D eigenvalue weighted by atomic mass is 10.5. The number of carbonyl (C=O) groups is 1. The van der Waals surface area contributed by atoms with Crippen molar-refractivity contribution < 1.29 is 4.79 Å². The summed E-state index contributed by atoms with van der Waals surface area (Å²) >= 11 is 7.18. The smallest absolute Gasteiger partial charge is 0.335 e. The molecule has 6 heteroatoms. The van der Waals surface area contributed by atoms with Gasteiger partial charge in [0.15, 0.2) is 0 Å². The number of carbonyl (C=O) groups excluding carboxylic acids is 1. The van der Waals surface area contributed by atoms with Gasteiger partial charge in [0, 0.05) is 11.4 Å². The maximum Gasteiger partial charge on any atom is 0.337 e. The number of hydrogen-bond acceptors (Lipinski definition) is 3. The molecule has 14 heavy (non-hydrogen) atoms. The zero-order chi connectivity index (χ0) is 9.97. The molecule has 1 aliphatic rings. The second-order valence-electron chi connectivity index (χ2n) is 2.74. The SMILES string of the molecule is O=C1NCCN1N=Cc1ccc(Cl)s1. The highest BCUT2D eigenvalue weighted by Gasteiger charge is 2.17. The van der Waals surface area contributed by atoms with Gasteiger partial charge < -0.3 is 5.32 Å². The number of hydrogen-bond donors (Lipinski definition) is 1. The first-order valence-electron chi connectivity index (χ1n) is 4.10. The van der Waals surface area contributed by atoms with Crippen molar-refractivity contribution in [3.8, 4) is 0 Å². The molecule has 1 aliphatic heterocycles. The highest BCUT2D eigenvalue weighted by atomic mass is 35.5. The Morgan fingerprint density at radius 1 is 1.64 bits per heavy atom. The van der Waals surface area contributed by atoms with Crippen LogP contribution in [0.1, 0.15) is 4.88 Å². The lowest BCUT2D eigenvalue weighted by molar-refractivity contribution is 0.219. The second kappa shape index (κ2) is 3.98. The molecule has 0 spiro atoms. The van der Waals surface area contributed by atoms with Gasteiger partial charge in [-0.05, 0) is 12.1 Å². The first-order valence-corrected chi connectivity index (χ1v) is 5.30. The Balaban J connectivity index is 2.03. The normalized spacial score (nSPS) is 16.6. The van der Waals surface area contributed by atoms with Crippen molar-refractivity contribution in [2.24, 2.45) is 5.10 Å². The van der Waals surface area contributed by atoms with E-state index < -0.39 is 0 Å². The van der Waals surface area contributed by atoms with E-state index >= 15 is 0 Å². The zero-order valence-electron chi connectivity index (χ0n) is 7.24. The summed E-state index contributed by atoms with van der Waals surface area (Å²) in [6, 6.07) is 3.52. The van der Waals surface area contributed by atoms with Crippen LogP contribution in [0, 0.1) is 0 Å². The van der Waals surface area contributed by atoms with Gasteiger partial charge in [-0.25, -0.2) is 9.80 Å². The molecule has 0 saturated carbocycles. The molecule has 4 nitrogen and oxygen atoms in total. The molecule has 0 unspecified atom stereocenters. The van der Waals surface area contributed by atoms with Gasteiger partial charge >= 0.3 is 6.03 Å². The Bertz CT molecular complexity index is 376. The average Bonchev–Trinajstić information content (AvgIpc) is 2.72. The van der Waals surface area contributed by atoms with Gasteiger partial charge in [-0.15, -0.1) is 11.3 Å². The molecular formula is C8H8ClN3OS. The van der Waals surface area contributed by atoms with Gasteiger partial charge in [-0.1, -0.05) is 11.6 Å². The van der Waals surface area contributed by atoms with E-state index in [9.17, 15) is 4.79 Å². The molecule has 2 rings (SSSR count). The number of thiophene rings is 1. The minimum atomic E-state index is -0.149. The molecule has 1 aromatic rings. The van der Waals surface area contributed by atoms with Crippen LogP contribution < -0.4 is 5.32 Å². The van der Waals surface area contributed by atoms with Crippen molar-refractivity contribution in [1.29, 1.82) is 0 Å². The Kier molecular flexibility index (Phi) is 2.69. The topological polar surface area (TPSA) is 44.7 Å². The van der Waals surface area contributed by atoms with Crippen LogP contribution in [0.25, 0.3) is 0 Å². The molecule has 0 aromatic carbocycles. The van der Waals surface area contributed by atoms with Crippen molar-refractivity contribution in [3.63, 3.8) is 0 Å². The summed E-state index contributed by atoms with van der Waals surface area (Å²) in [4.78, 5) is 12.0. The predicted molar refractivity (Wildman–Crippen MR) is 57.0 cm³/mol. The van der Waals surface area contributed by atoms with Crippen molar-refractivity contribution >= 4 is 35.2 Å². The van der Waals surface area contributed by atoms with E-state index in [2.05, 4.69) is 10.4 Å². The van der Waals surface area contributed by atoms with Gasteiger partial charge in [0.25, 0.3) is 0 Å². The predicted octanol–water partition coefficient (Wildman–Crippen LogP) is 1.76. The Morgan fingerprint density at radius 2 is 2.50 bits per heavy atom. The number of nitrogens with one attached hydrogen (secondary N) is 1. The lowest BCUT2D eigenvalue weighted by Gasteiger charge is -2.04. The van der Waals surface area contributed by atoms with Crippen molar-refractivity contribution in [2.75, 3.05) is 13.1 Å². The standard InChI is InChI=1S/C8H8ClN3OS/c9-7-2-1-6(14-7)5-11-12-4-3-10-8(12)13/h1-2,5H,3-4H2,(H,10,13). The molecule has 1 fully saturated rings. The summed E-state index contributed by atoms with van der Waals surface area (Å²) in [5, 5.41) is 8.09. The Labute approximate surface area is 90.2 Å². The summed E-state index contributed by atoms with van der Waals surface area (Å²) in [6.45, 7) is 1.27. The maximum absolute atomic E-state index is 11.1. The molecule has 1 aromatic heterocycles. The molecule has 1 saturated heterocycles. The molecule has 2 heterocycles. The van der Waals surface area contributed by atoms with Crippen LogP contribution in [0.3, 0.4) is 0 Å². The number of nitrogens with zero attached hydrogens (tertiary/aromatic N) is 2.